The first-order valence-corrected chi connectivity index (χ1v) is 10.1. The number of benzene rings is 2. The summed E-state index contributed by atoms with van der Waals surface area (Å²) < 4.78 is 5.09. The van der Waals surface area contributed by atoms with Gasteiger partial charge in [-0.25, -0.2) is 4.79 Å². The Morgan fingerprint density at radius 3 is 2.78 bits per heavy atom. The number of amides is 2. The van der Waals surface area contributed by atoms with Gasteiger partial charge >= 0.3 is 6.09 Å². The number of hydrogen-bond acceptors (Lipinski definition) is 5. The zero-order valence-electron chi connectivity index (χ0n) is 17.5. The summed E-state index contributed by atoms with van der Waals surface area (Å²) in [5, 5.41) is 13.2. The number of nitrogens with zero attached hydrogens (tertiary/aromatic N) is 1. The van der Waals surface area contributed by atoms with Gasteiger partial charge < -0.3 is 26.1 Å². The predicted molar refractivity (Wildman–Crippen MR) is 122 cm³/mol. The molecule has 4 aromatic rings. The Balaban J connectivity index is 1.55. The van der Waals surface area contributed by atoms with Crippen molar-refractivity contribution in [3.63, 3.8) is 0 Å². The average Bonchev–Trinajstić information content (AvgIpc) is 3.48. The van der Waals surface area contributed by atoms with Gasteiger partial charge in [-0.3, -0.25) is 9.89 Å². The standard InChI is InChI=1S/C23H24N6O3/c1-25-23(31)32-13-14-4-2-5-15(8-14)18(9-24)22(30)29-20-7-3-6-17-19(12-26-21(17)20)16-10-27-28-11-16/h2-8,10-12,18,26H,9,13,24H2,1H3,(H,25,31)(H,27,28)(H,29,30)/t18-/m0/s1. The van der Waals surface area contributed by atoms with Gasteiger partial charge in [-0.15, -0.1) is 0 Å². The molecule has 0 aliphatic rings. The van der Waals surface area contributed by atoms with Crippen LogP contribution >= 0.6 is 0 Å². The Bertz CT molecular complexity index is 1230. The molecule has 0 unspecified atom stereocenters. The largest absolute Gasteiger partial charge is 0.445 e. The molecule has 9 nitrogen and oxygen atoms in total. The van der Waals surface area contributed by atoms with Crippen LogP contribution in [0.1, 0.15) is 17.0 Å². The molecule has 2 heterocycles. The molecule has 4 rings (SSSR count). The first kappa shape index (κ1) is 21.1. The van der Waals surface area contributed by atoms with Gasteiger partial charge in [0.2, 0.25) is 5.91 Å². The van der Waals surface area contributed by atoms with Crippen molar-refractivity contribution < 1.29 is 14.3 Å². The van der Waals surface area contributed by atoms with Crippen molar-refractivity contribution in [2.75, 3.05) is 18.9 Å². The molecule has 6 N–H and O–H groups in total. The SMILES string of the molecule is CNC(=O)OCc1cccc([C@H](CN)C(=O)Nc2cccc3c(-c4cn[nH]c4)c[nH]c23)c1. The van der Waals surface area contributed by atoms with E-state index in [1.165, 1.54) is 7.05 Å². The summed E-state index contributed by atoms with van der Waals surface area (Å²) in [6, 6.07) is 13.0. The maximum atomic E-state index is 13.1. The lowest BCUT2D eigenvalue weighted by Gasteiger charge is -2.17. The van der Waals surface area contributed by atoms with Gasteiger partial charge in [0.1, 0.15) is 6.61 Å². The lowest BCUT2D eigenvalue weighted by molar-refractivity contribution is -0.117. The Morgan fingerprint density at radius 2 is 2.03 bits per heavy atom. The fourth-order valence-corrected chi connectivity index (χ4v) is 3.63. The van der Waals surface area contributed by atoms with Crippen molar-refractivity contribution in [3.8, 4) is 11.1 Å². The summed E-state index contributed by atoms with van der Waals surface area (Å²) in [5.74, 6) is -0.780. The second-order valence-electron chi connectivity index (χ2n) is 7.27. The number of aromatic nitrogens is 3. The number of fused-ring (bicyclic) bond motifs is 1. The lowest BCUT2D eigenvalue weighted by Crippen LogP contribution is -2.27. The highest BCUT2D eigenvalue weighted by atomic mass is 16.5. The van der Waals surface area contributed by atoms with Crippen molar-refractivity contribution in [2.24, 2.45) is 5.73 Å². The predicted octanol–water partition coefficient (Wildman–Crippen LogP) is 3.09. The highest BCUT2D eigenvalue weighted by Crippen LogP contribution is 2.32. The molecule has 2 aromatic heterocycles. The Labute approximate surface area is 184 Å². The van der Waals surface area contributed by atoms with Crippen LogP contribution in [-0.4, -0.2) is 40.8 Å². The van der Waals surface area contributed by atoms with E-state index in [2.05, 4.69) is 25.8 Å². The van der Waals surface area contributed by atoms with Crippen molar-refractivity contribution in [2.45, 2.75) is 12.5 Å². The van der Waals surface area contributed by atoms with E-state index in [1.54, 1.807) is 6.20 Å². The van der Waals surface area contributed by atoms with Crippen molar-refractivity contribution in [1.82, 2.24) is 20.5 Å². The molecular weight excluding hydrogens is 408 g/mol. The summed E-state index contributed by atoms with van der Waals surface area (Å²) in [7, 11) is 1.50. The van der Waals surface area contributed by atoms with Crippen molar-refractivity contribution >= 4 is 28.6 Å². The van der Waals surface area contributed by atoms with E-state index in [4.69, 9.17) is 10.5 Å². The third-order valence-electron chi connectivity index (χ3n) is 5.26. The van der Waals surface area contributed by atoms with E-state index in [-0.39, 0.29) is 19.1 Å². The Hall–Kier alpha value is -4.11. The van der Waals surface area contributed by atoms with Crippen LogP contribution in [0.4, 0.5) is 10.5 Å². The second-order valence-corrected chi connectivity index (χ2v) is 7.27. The van der Waals surface area contributed by atoms with Gasteiger partial charge in [-0.1, -0.05) is 36.4 Å². The van der Waals surface area contributed by atoms with E-state index in [1.807, 2.05) is 54.9 Å². The van der Waals surface area contributed by atoms with Crippen molar-refractivity contribution in [1.29, 1.82) is 0 Å². The number of nitrogens with one attached hydrogen (secondary N) is 4. The smallest absolute Gasteiger partial charge is 0.407 e. The fraction of sp³-hybridized carbons (Fsp3) is 0.174. The molecule has 0 bridgehead atoms. The molecule has 0 saturated heterocycles. The van der Waals surface area contributed by atoms with Crippen LogP contribution in [0.5, 0.6) is 0 Å². The molecule has 32 heavy (non-hydrogen) atoms. The Kier molecular flexibility index (Phi) is 6.18. The number of alkyl carbamates (subject to hydrolysis) is 1. The van der Waals surface area contributed by atoms with Gasteiger partial charge in [0.25, 0.3) is 0 Å². The molecule has 0 spiro atoms. The third-order valence-corrected chi connectivity index (χ3v) is 5.26. The van der Waals surface area contributed by atoms with Crippen LogP contribution in [0.3, 0.4) is 0 Å². The van der Waals surface area contributed by atoms with E-state index >= 15 is 0 Å². The van der Waals surface area contributed by atoms with E-state index in [0.29, 0.717) is 5.69 Å². The van der Waals surface area contributed by atoms with Crippen LogP contribution in [0.25, 0.3) is 22.0 Å². The maximum Gasteiger partial charge on any atom is 0.407 e. The summed E-state index contributed by atoms with van der Waals surface area (Å²) in [6.45, 7) is 0.234. The quantitative estimate of drug-likeness (QED) is 0.305. The topological polar surface area (TPSA) is 138 Å². The van der Waals surface area contributed by atoms with Crippen LogP contribution in [0.15, 0.2) is 61.1 Å². The molecular formula is C23H24N6O3. The number of aromatic amines is 2. The van der Waals surface area contributed by atoms with Gasteiger partial charge in [-0.05, 0) is 17.2 Å². The Morgan fingerprint density at radius 1 is 1.19 bits per heavy atom. The average molecular weight is 432 g/mol. The number of hydrogen-bond donors (Lipinski definition) is 5. The molecule has 0 aliphatic heterocycles. The van der Waals surface area contributed by atoms with Gasteiger partial charge in [0.15, 0.2) is 0 Å². The maximum absolute atomic E-state index is 13.1. The van der Waals surface area contributed by atoms with E-state index in [0.717, 1.165) is 33.2 Å². The highest BCUT2D eigenvalue weighted by Gasteiger charge is 2.21. The zero-order valence-corrected chi connectivity index (χ0v) is 17.5. The molecule has 1 atom stereocenters. The second kappa shape index (κ2) is 9.36. The minimum absolute atomic E-state index is 0.102. The van der Waals surface area contributed by atoms with Crippen molar-refractivity contribution in [3.05, 3.63) is 72.2 Å². The number of anilines is 1. The molecule has 164 valence electrons. The minimum Gasteiger partial charge on any atom is -0.445 e. The number of rotatable bonds is 7. The van der Waals surface area contributed by atoms with Crippen LogP contribution in [-0.2, 0) is 16.1 Å². The zero-order chi connectivity index (χ0) is 22.5. The van der Waals surface area contributed by atoms with E-state index < -0.39 is 12.0 Å². The number of H-pyrrole nitrogens is 2. The van der Waals surface area contributed by atoms with E-state index in [9.17, 15) is 9.59 Å². The van der Waals surface area contributed by atoms with Crippen LogP contribution < -0.4 is 16.4 Å². The number of ether oxygens (including phenoxy) is 1. The summed E-state index contributed by atoms with van der Waals surface area (Å²) in [5.41, 5.74) is 10.9. The summed E-state index contributed by atoms with van der Waals surface area (Å²) >= 11 is 0. The molecule has 2 aromatic carbocycles. The lowest BCUT2D eigenvalue weighted by atomic mass is 9.96. The van der Waals surface area contributed by atoms with Crippen LogP contribution in [0, 0.1) is 0 Å². The number of nitrogens with two attached hydrogens (primary N) is 1. The van der Waals surface area contributed by atoms with Crippen LogP contribution in [0.2, 0.25) is 0 Å². The highest BCUT2D eigenvalue weighted by molar-refractivity contribution is 6.07. The molecule has 0 radical (unpaired) electrons. The molecule has 0 aliphatic carbocycles. The van der Waals surface area contributed by atoms with Gasteiger partial charge in [0.05, 0.1) is 23.3 Å². The molecule has 0 saturated carbocycles. The normalized spacial score (nSPS) is 11.8. The monoisotopic (exact) mass is 432 g/mol. The third kappa shape index (κ3) is 4.33. The van der Waals surface area contributed by atoms with Gasteiger partial charge in [0, 0.05) is 42.5 Å². The number of para-hydroxylation sites is 1. The minimum atomic E-state index is -0.562. The first-order valence-electron chi connectivity index (χ1n) is 10.1. The molecule has 0 fully saturated rings. The number of carbonyl (C=O) groups excluding carboxylic acids is 2. The first-order chi connectivity index (χ1) is 15.6. The number of carbonyl (C=O) groups is 2. The molecule has 9 heteroatoms. The molecule has 2 amide bonds. The van der Waals surface area contributed by atoms with Gasteiger partial charge in [-0.2, -0.15) is 5.10 Å². The fourth-order valence-electron chi connectivity index (χ4n) is 3.63. The summed E-state index contributed by atoms with van der Waals surface area (Å²) in [4.78, 5) is 27.7. The summed E-state index contributed by atoms with van der Waals surface area (Å²) in [6.07, 6.45) is 4.94.